The van der Waals surface area contributed by atoms with Gasteiger partial charge in [0.1, 0.15) is 0 Å². The molecule has 1 fully saturated rings. The van der Waals surface area contributed by atoms with Gasteiger partial charge in [0.2, 0.25) is 0 Å². The van der Waals surface area contributed by atoms with Crippen molar-refractivity contribution in [2.45, 2.75) is 64.7 Å². The molecule has 6 heteroatoms. The van der Waals surface area contributed by atoms with Crippen LogP contribution in [0.15, 0.2) is 0 Å². The average Bonchev–Trinajstić information content (AvgIpc) is 2.38. The largest absolute Gasteiger partial charge is 0.336 e. The van der Waals surface area contributed by atoms with Crippen LogP contribution >= 0.6 is 11.0 Å². The number of piperidine rings is 1. The van der Waals surface area contributed by atoms with E-state index in [-0.39, 0.29) is 0 Å². The van der Waals surface area contributed by atoms with E-state index in [0.717, 1.165) is 49.8 Å². The van der Waals surface area contributed by atoms with E-state index in [0.29, 0.717) is 6.61 Å². The van der Waals surface area contributed by atoms with Crippen molar-refractivity contribution in [3.8, 4) is 0 Å². The number of hydrogen-bond acceptors (Lipinski definition) is 5. The Balaban J connectivity index is 2.06. The summed E-state index contributed by atoms with van der Waals surface area (Å²) in [5, 5.41) is 0. The number of nitrogens with zero attached hydrogens (tertiary/aromatic N) is 1. The first-order valence-corrected chi connectivity index (χ1v) is 10.2. The molecule has 0 aromatic heterocycles. The standard InChI is InChI=1S/C13H27NO3S2/c1-2-3-4-5-6-10-13-17-19(15,16)18-14-11-8-7-9-12-14/h2-13H2,1H3. The molecule has 0 bridgehead atoms. The smallest absolute Gasteiger partial charge is 0.261 e. The first-order chi connectivity index (χ1) is 9.14. The lowest BCUT2D eigenvalue weighted by atomic mass is 10.1. The average molecular weight is 309 g/mol. The predicted molar refractivity (Wildman–Crippen MR) is 81.3 cm³/mol. The molecule has 114 valence electrons. The normalized spacial score (nSPS) is 17.7. The molecule has 0 spiro atoms. The summed E-state index contributed by atoms with van der Waals surface area (Å²) in [7, 11) is -2.56. The number of rotatable bonds is 10. The Bertz CT molecular complexity index is 314. The molecule has 0 unspecified atom stereocenters. The molecule has 0 amide bonds. The van der Waals surface area contributed by atoms with Gasteiger partial charge >= 0.3 is 9.15 Å². The van der Waals surface area contributed by atoms with E-state index in [9.17, 15) is 8.42 Å². The van der Waals surface area contributed by atoms with E-state index in [4.69, 9.17) is 4.18 Å². The van der Waals surface area contributed by atoms with Crippen LogP contribution in [0.2, 0.25) is 0 Å². The topological polar surface area (TPSA) is 46.6 Å². The highest BCUT2D eigenvalue weighted by Crippen LogP contribution is 2.24. The van der Waals surface area contributed by atoms with Gasteiger partial charge in [0.15, 0.2) is 0 Å². The highest BCUT2D eigenvalue weighted by molar-refractivity contribution is 8.69. The minimum atomic E-state index is -3.44. The molecule has 1 heterocycles. The summed E-state index contributed by atoms with van der Waals surface area (Å²) in [5.41, 5.74) is 0. The van der Waals surface area contributed by atoms with Crippen LogP contribution < -0.4 is 0 Å². The maximum atomic E-state index is 11.7. The summed E-state index contributed by atoms with van der Waals surface area (Å²) in [4.78, 5) is 0. The Kier molecular flexibility index (Phi) is 9.11. The second kappa shape index (κ2) is 10.0. The fourth-order valence-corrected chi connectivity index (χ4v) is 4.72. The molecule has 1 rings (SSSR count). The zero-order valence-electron chi connectivity index (χ0n) is 12.0. The predicted octanol–water partition coefficient (Wildman–Crippen LogP) is 3.74. The van der Waals surface area contributed by atoms with Gasteiger partial charge in [-0.25, -0.2) is 4.31 Å². The van der Waals surface area contributed by atoms with Crippen LogP contribution in [0.5, 0.6) is 0 Å². The summed E-state index contributed by atoms with van der Waals surface area (Å²) >= 11 is 0. The van der Waals surface area contributed by atoms with Gasteiger partial charge in [-0.05, 0) is 19.3 Å². The van der Waals surface area contributed by atoms with Gasteiger partial charge in [0.05, 0.1) is 17.6 Å². The molecular formula is C13H27NO3S2. The first kappa shape index (κ1) is 17.3. The summed E-state index contributed by atoms with van der Waals surface area (Å²) in [6.07, 6.45) is 10.2. The van der Waals surface area contributed by atoms with Crippen LogP contribution in [-0.4, -0.2) is 32.4 Å². The Morgan fingerprint density at radius 3 is 2.32 bits per heavy atom. The molecule has 1 saturated heterocycles. The molecule has 19 heavy (non-hydrogen) atoms. The van der Waals surface area contributed by atoms with Gasteiger partial charge in [-0.2, -0.15) is 8.42 Å². The van der Waals surface area contributed by atoms with Crippen LogP contribution in [0.4, 0.5) is 0 Å². The third-order valence-corrected chi connectivity index (χ3v) is 5.92. The van der Waals surface area contributed by atoms with Crippen molar-refractivity contribution in [3.05, 3.63) is 0 Å². The van der Waals surface area contributed by atoms with Crippen molar-refractivity contribution in [3.63, 3.8) is 0 Å². The SMILES string of the molecule is CCCCCCCCOS(=O)(=O)SN1CCCCC1. The third kappa shape index (κ3) is 8.89. The molecule has 0 aromatic rings. The lowest BCUT2D eigenvalue weighted by molar-refractivity contribution is 0.314. The van der Waals surface area contributed by atoms with Crippen molar-refractivity contribution >= 4 is 20.1 Å². The van der Waals surface area contributed by atoms with Crippen LogP contribution in [-0.2, 0) is 13.3 Å². The zero-order chi connectivity index (χ0) is 14.0. The Morgan fingerprint density at radius 2 is 1.63 bits per heavy atom. The molecule has 0 saturated carbocycles. The van der Waals surface area contributed by atoms with Crippen molar-refractivity contribution in [2.75, 3.05) is 19.7 Å². The van der Waals surface area contributed by atoms with Gasteiger partial charge in [0.25, 0.3) is 0 Å². The summed E-state index contributed by atoms with van der Waals surface area (Å²) < 4.78 is 30.4. The molecule has 0 N–H and O–H groups in total. The maximum Gasteiger partial charge on any atom is 0.336 e. The fourth-order valence-electron chi connectivity index (χ4n) is 2.13. The Labute approximate surface area is 121 Å². The first-order valence-electron chi connectivity index (χ1n) is 7.48. The van der Waals surface area contributed by atoms with Gasteiger partial charge in [-0.3, -0.25) is 4.18 Å². The van der Waals surface area contributed by atoms with Crippen molar-refractivity contribution in [1.29, 1.82) is 0 Å². The van der Waals surface area contributed by atoms with Gasteiger partial charge in [0, 0.05) is 13.1 Å². The summed E-state index contributed by atoms with van der Waals surface area (Å²) in [5.74, 6) is 0. The second-order valence-corrected chi connectivity index (χ2v) is 8.45. The molecule has 1 aliphatic heterocycles. The third-order valence-electron chi connectivity index (χ3n) is 3.24. The van der Waals surface area contributed by atoms with E-state index in [2.05, 4.69) is 6.92 Å². The molecule has 0 aromatic carbocycles. The van der Waals surface area contributed by atoms with E-state index in [1.807, 2.05) is 4.31 Å². The minimum Gasteiger partial charge on any atom is -0.261 e. The van der Waals surface area contributed by atoms with Crippen molar-refractivity contribution in [2.24, 2.45) is 0 Å². The molecule has 0 aliphatic carbocycles. The highest BCUT2D eigenvalue weighted by Gasteiger charge is 2.20. The summed E-state index contributed by atoms with van der Waals surface area (Å²) in [6.45, 7) is 4.22. The van der Waals surface area contributed by atoms with Crippen LogP contribution in [0.1, 0.15) is 64.7 Å². The minimum absolute atomic E-state index is 0.329. The molecule has 0 radical (unpaired) electrons. The lowest BCUT2D eigenvalue weighted by Gasteiger charge is -2.23. The fraction of sp³-hybridized carbons (Fsp3) is 1.00. The molecule has 4 nitrogen and oxygen atoms in total. The molecule has 0 atom stereocenters. The number of unbranched alkanes of at least 4 members (excludes halogenated alkanes) is 5. The van der Waals surface area contributed by atoms with E-state index in [1.54, 1.807) is 0 Å². The van der Waals surface area contributed by atoms with E-state index >= 15 is 0 Å². The maximum absolute atomic E-state index is 11.7. The second-order valence-electron chi connectivity index (χ2n) is 5.06. The van der Waals surface area contributed by atoms with Gasteiger partial charge in [-0.1, -0.05) is 45.4 Å². The van der Waals surface area contributed by atoms with Crippen LogP contribution in [0, 0.1) is 0 Å². The molecule has 1 aliphatic rings. The van der Waals surface area contributed by atoms with Crippen LogP contribution in [0.25, 0.3) is 0 Å². The monoisotopic (exact) mass is 309 g/mol. The van der Waals surface area contributed by atoms with E-state index in [1.165, 1.54) is 32.1 Å². The van der Waals surface area contributed by atoms with Gasteiger partial charge < -0.3 is 0 Å². The Hall–Kier alpha value is 0.220. The van der Waals surface area contributed by atoms with Gasteiger partial charge in [-0.15, -0.1) is 0 Å². The summed E-state index contributed by atoms with van der Waals surface area (Å²) in [6, 6.07) is 0. The van der Waals surface area contributed by atoms with Crippen molar-refractivity contribution < 1.29 is 12.6 Å². The van der Waals surface area contributed by atoms with E-state index < -0.39 is 9.15 Å². The number of hydrogen-bond donors (Lipinski definition) is 0. The van der Waals surface area contributed by atoms with Crippen LogP contribution in [0.3, 0.4) is 0 Å². The lowest BCUT2D eigenvalue weighted by Crippen LogP contribution is -2.25. The zero-order valence-corrected chi connectivity index (χ0v) is 13.6. The quantitative estimate of drug-likeness (QED) is 0.349. The molecular weight excluding hydrogens is 282 g/mol. The van der Waals surface area contributed by atoms with Crippen molar-refractivity contribution in [1.82, 2.24) is 4.31 Å². The highest BCUT2D eigenvalue weighted by atomic mass is 33.2. The Morgan fingerprint density at radius 1 is 1.00 bits per heavy atom.